The van der Waals surface area contributed by atoms with E-state index in [1.807, 2.05) is 17.7 Å². The van der Waals surface area contributed by atoms with Crippen molar-refractivity contribution in [3.8, 4) is 5.88 Å². The second-order valence-corrected chi connectivity index (χ2v) is 6.11. The van der Waals surface area contributed by atoms with Crippen LogP contribution < -0.4 is 4.74 Å². The Balaban J connectivity index is 2.21. The molecule has 6 nitrogen and oxygen atoms in total. The van der Waals surface area contributed by atoms with Gasteiger partial charge in [0.15, 0.2) is 11.2 Å². The maximum absolute atomic E-state index is 6.05. The molecule has 0 bridgehead atoms. The van der Waals surface area contributed by atoms with Crippen molar-refractivity contribution < 1.29 is 4.74 Å². The number of thiazole rings is 1. The Bertz CT molecular complexity index is 784. The maximum Gasteiger partial charge on any atom is 0.245 e. The van der Waals surface area contributed by atoms with E-state index >= 15 is 0 Å². The van der Waals surface area contributed by atoms with Gasteiger partial charge >= 0.3 is 0 Å². The van der Waals surface area contributed by atoms with E-state index in [4.69, 9.17) is 16.3 Å². The van der Waals surface area contributed by atoms with Crippen LogP contribution in [0.5, 0.6) is 5.88 Å². The average molecular weight is 324 g/mol. The first-order valence-corrected chi connectivity index (χ1v) is 7.75. The molecule has 21 heavy (non-hydrogen) atoms. The number of methoxy groups -OCH3 is 1. The van der Waals surface area contributed by atoms with E-state index < -0.39 is 0 Å². The number of fused-ring (bicyclic) bond motifs is 1. The number of alkyl halides is 1. The highest BCUT2D eigenvalue weighted by Crippen LogP contribution is 2.30. The van der Waals surface area contributed by atoms with Crippen LogP contribution in [-0.2, 0) is 5.88 Å². The predicted molar refractivity (Wildman–Crippen MR) is 82.1 cm³/mol. The zero-order chi connectivity index (χ0) is 15.0. The first-order chi connectivity index (χ1) is 10.2. The predicted octanol–water partition coefficient (Wildman–Crippen LogP) is 2.95. The molecule has 0 saturated carbocycles. The van der Waals surface area contributed by atoms with E-state index in [0.717, 1.165) is 10.8 Å². The fraction of sp³-hybridized carbons (Fsp3) is 0.385. The van der Waals surface area contributed by atoms with Gasteiger partial charge in [-0.25, -0.2) is 15.0 Å². The molecule has 1 unspecified atom stereocenters. The minimum Gasteiger partial charge on any atom is -0.479 e. The van der Waals surface area contributed by atoms with Gasteiger partial charge in [-0.1, -0.05) is 0 Å². The molecule has 0 radical (unpaired) electrons. The molecule has 0 aliphatic carbocycles. The third-order valence-electron chi connectivity index (χ3n) is 3.21. The minimum atomic E-state index is 0.00190. The standard InChI is InChI=1S/C13H14ClN5OS/c1-7-5-15-13(21-7)8(2)19-9(4-14)18-10-11(19)16-6-17-12(10)20-3/h5-6,8H,4H2,1-3H3. The Labute approximate surface area is 130 Å². The fourth-order valence-corrected chi connectivity index (χ4v) is 3.26. The summed E-state index contributed by atoms with van der Waals surface area (Å²) in [5.74, 6) is 1.47. The number of hydrogen-bond acceptors (Lipinski definition) is 6. The molecule has 0 aliphatic rings. The molecule has 0 saturated heterocycles. The lowest BCUT2D eigenvalue weighted by atomic mass is 10.3. The monoisotopic (exact) mass is 323 g/mol. The van der Waals surface area contributed by atoms with Gasteiger partial charge in [-0.05, 0) is 13.8 Å². The summed E-state index contributed by atoms with van der Waals surface area (Å²) in [6.07, 6.45) is 3.34. The van der Waals surface area contributed by atoms with Gasteiger partial charge in [-0.2, -0.15) is 4.98 Å². The number of halogens is 1. The molecule has 0 aromatic carbocycles. The summed E-state index contributed by atoms with van der Waals surface area (Å²) in [5.41, 5.74) is 1.33. The lowest BCUT2D eigenvalue weighted by Crippen LogP contribution is -2.10. The highest BCUT2D eigenvalue weighted by atomic mass is 35.5. The van der Waals surface area contributed by atoms with Gasteiger partial charge in [0.2, 0.25) is 5.88 Å². The van der Waals surface area contributed by atoms with Crippen LogP contribution in [-0.4, -0.2) is 31.6 Å². The summed E-state index contributed by atoms with van der Waals surface area (Å²) in [6, 6.07) is 0.00190. The molecule has 3 aromatic heterocycles. The van der Waals surface area contributed by atoms with E-state index in [1.54, 1.807) is 18.4 Å². The van der Waals surface area contributed by atoms with Crippen molar-refractivity contribution in [2.75, 3.05) is 7.11 Å². The Morgan fingerprint density at radius 3 is 2.81 bits per heavy atom. The number of imidazole rings is 1. The molecule has 3 rings (SSSR count). The van der Waals surface area contributed by atoms with Gasteiger partial charge in [-0.15, -0.1) is 22.9 Å². The Morgan fingerprint density at radius 2 is 2.19 bits per heavy atom. The normalized spacial score (nSPS) is 12.8. The smallest absolute Gasteiger partial charge is 0.245 e. The third kappa shape index (κ3) is 2.36. The van der Waals surface area contributed by atoms with E-state index in [1.165, 1.54) is 11.2 Å². The van der Waals surface area contributed by atoms with E-state index in [2.05, 4.69) is 26.9 Å². The van der Waals surface area contributed by atoms with Crippen molar-refractivity contribution in [2.24, 2.45) is 0 Å². The lowest BCUT2D eigenvalue weighted by Gasteiger charge is -2.13. The van der Waals surface area contributed by atoms with Crippen LogP contribution in [0.3, 0.4) is 0 Å². The highest BCUT2D eigenvalue weighted by molar-refractivity contribution is 7.11. The number of ether oxygens (including phenoxy) is 1. The van der Waals surface area contributed by atoms with Crippen molar-refractivity contribution in [2.45, 2.75) is 25.8 Å². The zero-order valence-electron chi connectivity index (χ0n) is 11.9. The average Bonchev–Trinajstić information content (AvgIpc) is 3.09. The number of aryl methyl sites for hydroxylation is 1. The van der Waals surface area contributed by atoms with Crippen molar-refractivity contribution >= 4 is 34.1 Å². The van der Waals surface area contributed by atoms with Crippen molar-refractivity contribution in [3.05, 3.63) is 28.2 Å². The quantitative estimate of drug-likeness (QED) is 0.691. The molecule has 0 aliphatic heterocycles. The molecule has 3 heterocycles. The topological polar surface area (TPSA) is 65.7 Å². The second-order valence-electron chi connectivity index (χ2n) is 4.57. The van der Waals surface area contributed by atoms with Crippen LogP contribution in [0.4, 0.5) is 0 Å². The number of aromatic nitrogens is 5. The van der Waals surface area contributed by atoms with Crippen LogP contribution >= 0.6 is 22.9 Å². The van der Waals surface area contributed by atoms with Gasteiger partial charge in [0.25, 0.3) is 0 Å². The van der Waals surface area contributed by atoms with Crippen molar-refractivity contribution in [3.63, 3.8) is 0 Å². The van der Waals surface area contributed by atoms with Crippen LogP contribution in [0.25, 0.3) is 11.2 Å². The van der Waals surface area contributed by atoms with E-state index in [-0.39, 0.29) is 11.9 Å². The summed E-state index contributed by atoms with van der Waals surface area (Å²) in [4.78, 5) is 18.6. The highest BCUT2D eigenvalue weighted by Gasteiger charge is 2.22. The summed E-state index contributed by atoms with van der Waals surface area (Å²) in [5, 5.41) is 0.996. The van der Waals surface area contributed by atoms with Gasteiger partial charge < -0.3 is 9.30 Å². The Morgan fingerprint density at radius 1 is 1.38 bits per heavy atom. The van der Waals surface area contributed by atoms with Crippen molar-refractivity contribution in [1.82, 2.24) is 24.5 Å². The largest absolute Gasteiger partial charge is 0.479 e. The molecule has 8 heteroatoms. The van der Waals surface area contributed by atoms with Crippen LogP contribution in [0.2, 0.25) is 0 Å². The van der Waals surface area contributed by atoms with Crippen LogP contribution in [0.15, 0.2) is 12.5 Å². The summed E-state index contributed by atoms with van der Waals surface area (Å²) >= 11 is 7.70. The van der Waals surface area contributed by atoms with Gasteiger partial charge in [0, 0.05) is 11.1 Å². The first-order valence-electron chi connectivity index (χ1n) is 6.39. The van der Waals surface area contributed by atoms with Crippen LogP contribution in [0, 0.1) is 6.92 Å². The number of hydrogen-bond donors (Lipinski definition) is 0. The van der Waals surface area contributed by atoms with Gasteiger partial charge in [0.1, 0.15) is 17.2 Å². The van der Waals surface area contributed by atoms with E-state index in [0.29, 0.717) is 17.0 Å². The molecule has 1 atom stereocenters. The Hall–Kier alpha value is -1.73. The number of nitrogens with zero attached hydrogens (tertiary/aromatic N) is 5. The number of rotatable bonds is 4. The summed E-state index contributed by atoms with van der Waals surface area (Å²) in [6.45, 7) is 4.09. The zero-order valence-corrected chi connectivity index (χ0v) is 13.4. The minimum absolute atomic E-state index is 0.00190. The lowest BCUT2D eigenvalue weighted by molar-refractivity contribution is 0.401. The molecule has 0 N–H and O–H groups in total. The molecule has 3 aromatic rings. The first kappa shape index (κ1) is 14.2. The molecule has 110 valence electrons. The fourth-order valence-electron chi connectivity index (χ4n) is 2.26. The molecular weight excluding hydrogens is 310 g/mol. The van der Waals surface area contributed by atoms with Crippen LogP contribution in [0.1, 0.15) is 28.7 Å². The summed E-state index contributed by atoms with van der Waals surface area (Å²) < 4.78 is 7.24. The van der Waals surface area contributed by atoms with E-state index in [9.17, 15) is 0 Å². The Kier molecular flexibility index (Phi) is 3.77. The summed E-state index contributed by atoms with van der Waals surface area (Å²) in [7, 11) is 1.56. The van der Waals surface area contributed by atoms with Gasteiger partial charge in [0.05, 0.1) is 19.0 Å². The molecule has 0 fully saturated rings. The molecular formula is C13H14ClN5OS. The third-order valence-corrected chi connectivity index (χ3v) is 4.54. The van der Waals surface area contributed by atoms with Gasteiger partial charge in [-0.3, -0.25) is 0 Å². The SMILES string of the molecule is COc1ncnc2c1nc(CCl)n2C(C)c1ncc(C)s1. The molecule has 0 amide bonds. The maximum atomic E-state index is 6.05. The van der Waals surface area contributed by atoms with Crippen molar-refractivity contribution in [1.29, 1.82) is 0 Å². The molecule has 0 spiro atoms. The second kappa shape index (κ2) is 5.57.